The second-order valence-corrected chi connectivity index (χ2v) is 9.29. The summed E-state index contributed by atoms with van der Waals surface area (Å²) < 4.78 is 28.6. The number of halogens is 1. The van der Waals surface area contributed by atoms with Gasteiger partial charge in [-0.2, -0.15) is 0 Å². The molecule has 1 fully saturated rings. The van der Waals surface area contributed by atoms with Gasteiger partial charge in [0.05, 0.1) is 3.79 Å². The molecule has 2 rings (SSSR count). The van der Waals surface area contributed by atoms with Crippen molar-refractivity contribution in [3.8, 4) is 0 Å². The minimum Gasteiger partial charge on any atom is -0.396 e. The van der Waals surface area contributed by atoms with Gasteiger partial charge in [-0.15, -0.1) is 11.3 Å². The topological polar surface area (TPSA) is 66.4 Å². The first kappa shape index (κ1) is 15.4. The number of rotatable bonds is 4. The molecule has 1 aliphatic rings. The molecule has 2 unspecified atom stereocenters. The Balaban J connectivity index is 2.16. The van der Waals surface area contributed by atoms with Crippen molar-refractivity contribution in [3.63, 3.8) is 0 Å². The fourth-order valence-electron chi connectivity index (χ4n) is 2.40. The molecule has 2 atom stereocenters. The number of thiophene rings is 1. The van der Waals surface area contributed by atoms with E-state index >= 15 is 0 Å². The predicted molar refractivity (Wildman–Crippen MR) is 79.9 cm³/mol. The van der Waals surface area contributed by atoms with Crippen LogP contribution in [0.4, 0.5) is 0 Å². The molecule has 7 heteroatoms. The molecule has 1 aromatic heterocycles. The van der Waals surface area contributed by atoms with E-state index in [-0.39, 0.29) is 18.6 Å². The monoisotopic (exact) mass is 367 g/mol. The molecule has 1 heterocycles. The van der Waals surface area contributed by atoms with Gasteiger partial charge in [0.15, 0.2) is 0 Å². The van der Waals surface area contributed by atoms with Gasteiger partial charge in [-0.05, 0) is 53.2 Å². The molecule has 0 spiro atoms. The van der Waals surface area contributed by atoms with Gasteiger partial charge in [0, 0.05) is 12.6 Å². The first-order chi connectivity index (χ1) is 8.94. The lowest BCUT2D eigenvalue weighted by molar-refractivity contribution is 0.164. The number of nitrogens with one attached hydrogen (secondary N) is 1. The average Bonchev–Trinajstić information content (AvgIpc) is 2.71. The van der Waals surface area contributed by atoms with E-state index in [2.05, 4.69) is 20.7 Å². The predicted octanol–water partition coefficient (Wildman–Crippen LogP) is 2.65. The van der Waals surface area contributed by atoms with Gasteiger partial charge in [0.2, 0.25) is 10.0 Å². The molecule has 1 saturated carbocycles. The SMILES string of the molecule is Cc1cc(S(=O)(=O)NC2CCCCC2CO)sc1Br. The summed E-state index contributed by atoms with van der Waals surface area (Å²) in [5, 5.41) is 9.34. The molecule has 0 saturated heterocycles. The molecule has 0 aromatic carbocycles. The van der Waals surface area contributed by atoms with Crippen LogP contribution in [0.1, 0.15) is 31.2 Å². The zero-order valence-corrected chi connectivity index (χ0v) is 13.9. The fourth-order valence-corrected chi connectivity index (χ4v) is 5.98. The third kappa shape index (κ3) is 3.58. The van der Waals surface area contributed by atoms with Crippen LogP contribution in [-0.2, 0) is 10.0 Å². The van der Waals surface area contributed by atoms with Crippen molar-refractivity contribution in [1.82, 2.24) is 4.72 Å². The highest BCUT2D eigenvalue weighted by atomic mass is 79.9. The Morgan fingerprint density at radius 2 is 2.16 bits per heavy atom. The van der Waals surface area contributed by atoms with E-state index < -0.39 is 10.0 Å². The lowest BCUT2D eigenvalue weighted by Gasteiger charge is -2.30. The van der Waals surface area contributed by atoms with Gasteiger partial charge in [0.1, 0.15) is 4.21 Å². The highest BCUT2D eigenvalue weighted by Gasteiger charge is 2.29. The maximum atomic E-state index is 12.3. The summed E-state index contributed by atoms with van der Waals surface area (Å²) in [6.45, 7) is 1.91. The molecular weight excluding hydrogens is 350 g/mol. The number of sulfonamides is 1. The summed E-state index contributed by atoms with van der Waals surface area (Å²) in [5.74, 6) is 0.0352. The summed E-state index contributed by atoms with van der Waals surface area (Å²) in [6, 6.07) is 1.53. The lowest BCUT2D eigenvalue weighted by Crippen LogP contribution is -2.43. The van der Waals surface area contributed by atoms with E-state index in [0.29, 0.717) is 4.21 Å². The normalized spacial score (nSPS) is 24.6. The number of hydrogen-bond acceptors (Lipinski definition) is 4. The second kappa shape index (κ2) is 6.22. The zero-order valence-electron chi connectivity index (χ0n) is 10.7. The average molecular weight is 368 g/mol. The van der Waals surface area contributed by atoms with E-state index in [0.717, 1.165) is 35.0 Å². The van der Waals surface area contributed by atoms with Gasteiger partial charge in [0.25, 0.3) is 0 Å². The van der Waals surface area contributed by atoms with E-state index in [1.54, 1.807) is 6.07 Å². The van der Waals surface area contributed by atoms with Gasteiger partial charge in [-0.3, -0.25) is 0 Å². The molecule has 0 amide bonds. The Labute approximate surface area is 126 Å². The Morgan fingerprint density at radius 1 is 1.47 bits per heavy atom. The number of hydrogen-bond donors (Lipinski definition) is 2. The highest BCUT2D eigenvalue weighted by molar-refractivity contribution is 9.11. The van der Waals surface area contributed by atoms with Crippen LogP contribution in [0.25, 0.3) is 0 Å². The molecule has 108 valence electrons. The fraction of sp³-hybridized carbons (Fsp3) is 0.667. The smallest absolute Gasteiger partial charge is 0.250 e. The number of aryl methyl sites for hydroxylation is 1. The summed E-state index contributed by atoms with van der Waals surface area (Å²) in [4.78, 5) is 0. The first-order valence-electron chi connectivity index (χ1n) is 6.33. The van der Waals surface area contributed by atoms with Crippen molar-refractivity contribution < 1.29 is 13.5 Å². The van der Waals surface area contributed by atoms with Crippen LogP contribution in [0, 0.1) is 12.8 Å². The summed E-state index contributed by atoms with van der Waals surface area (Å²) in [5.41, 5.74) is 0.924. The van der Waals surface area contributed by atoms with Crippen molar-refractivity contribution in [2.24, 2.45) is 5.92 Å². The summed E-state index contributed by atoms with van der Waals surface area (Å²) in [7, 11) is -3.48. The second-order valence-electron chi connectivity index (χ2n) is 4.98. The molecule has 2 N–H and O–H groups in total. The van der Waals surface area contributed by atoms with Crippen LogP contribution in [0.5, 0.6) is 0 Å². The van der Waals surface area contributed by atoms with Crippen LogP contribution >= 0.6 is 27.3 Å². The standard InChI is InChI=1S/C12H18BrNO3S2/c1-8-6-11(18-12(8)13)19(16,17)14-10-5-3-2-4-9(10)7-15/h6,9-10,14-15H,2-5,7H2,1H3. The summed E-state index contributed by atoms with van der Waals surface area (Å²) >= 11 is 4.57. The Bertz CT molecular complexity index is 522. The van der Waals surface area contributed by atoms with Crippen LogP contribution in [0.2, 0.25) is 0 Å². The van der Waals surface area contributed by atoms with E-state index in [1.807, 2.05) is 6.92 Å². The zero-order chi connectivity index (χ0) is 14.0. The van der Waals surface area contributed by atoms with Crippen LogP contribution < -0.4 is 4.72 Å². The van der Waals surface area contributed by atoms with Gasteiger partial charge < -0.3 is 5.11 Å². The number of aliphatic hydroxyl groups is 1. The molecule has 0 aliphatic heterocycles. The van der Waals surface area contributed by atoms with Crippen LogP contribution in [0.15, 0.2) is 14.1 Å². The minimum atomic E-state index is -3.48. The van der Waals surface area contributed by atoms with Gasteiger partial charge >= 0.3 is 0 Å². The third-order valence-corrected chi connectivity index (χ3v) is 7.65. The molecule has 1 aliphatic carbocycles. The molecule has 0 bridgehead atoms. The highest BCUT2D eigenvalue weighted by Crippen LogP contribution is 2.32. The van der Waals surface area contributed by atoms with Crippen molar-refractivity contribution in [2.45, 2.75) is 42.9 Å². The van der Waals surface area contributed by atoms with Gasteiger partial charge in [-0.25, -0.2) is 13.1 Å². The number of aliphatic hydroxyl groups excluding tert-OH is 1. The maximum absolute atomic E-state index is 12.3. The quantitative estimate of drug-likeness (QED) is 0.859. The largest absolute Gasteiger partial charge is 0.396 e. The van der Waals surface area contributed by atoms with Crippen molar-refractivity contribution in [1.29, 1.82) is 0 Å². The van der Waals surface area contributed by atoms with Crippen LogP contribution in [0.3, 0.4) is 0 Å². The van der Waals surface area contributed by atoms with E-state index in [4.69, 9.17) is 0 Å². The molecule has 0 radical (unpaired) electrons. The first-order valence-corrected chi connectivity index (χ1v) is 9.42. The summed E-state index contributed by atoms with van der Waals surface area (Å²) in [6.07, 6.45) is 3.76. The maximum Gasteiger partial charge on any atom is 0.250 e. The van der Waals surface area contributed by atoms with Crippen molar-refractivity contribution in [2.75, 3.05) is 6.61 Å². The van der Waals surface area contributed by atoms with E-state index in [1.165, 1.54) is 11.3 Å². The van der Waals surface area contributed by atoms with Crippen molar-refractivity contribution in [3.05, 3.63) is 15.4 Å². The van der Waals surface area contributed by atoms with Crippen LogP contribution in [-0.4, -0.2) is 26.2 Å². The Hall–Kier alpha value is 0.0500. The molecule has 4 nitrogen and oxygen atoms in total. The lowest BCUT2D eigenvalue weighted by atomic mass is 9.86. The van der Waals surface area contributed by atoms with Gasteiger partial charge in [-0.1, -0.05) is 12.8 Å². The third-order valence-electron chi connectivity index (χ3n) is 3.55. The molecular formula is C12H18BrNO3S2. The van der Waals surface area contributed by atoms with Crippen molar-refractivity contribution >= 4 is 37.3 Å². The Morgan fingerprint density at radius 3 is 2.74 bits per heavy atom. The Kier molecular flexibility index (Phi) is 5.05. The molecule has 19 heavy (non-hydrogen) atoms. The molecule has 1 aromatic rings. The van der Waals surface area contributed by atoms with E-state index in [9.17, 15) is 13.5 Å². The minimum absolute atomic E-state index is 0.0352.